The molecule has 1 aliphatic heterocycles. The molecule has 4 rings (SSSR count). The van der Waals surface area contributed by atoms with Crippen LogP contribution in [0.2, 0.25) is 0 Å². The van der Waals surface area contributed by atoms with Crippen LogP contribution in [-0.4, -0.2) is 49.9 Å². The summed E-state index contributed by atoms with van der Waals surface area (Å²) in [6.07, 6.45) is 3.71. The molecule has 32 heavy (non-hydrogen) atoms. The van der Waals surface area contributed by atoms with Crippen LogP contribution in [0.25, 0.3) is 11.3 Å². The van der Waals surface area contributed by atoms with Gasteiger partial charge in [0.25, 0.3) is 5.91 Å². The van der Waals surface area contributed by atoms with Crippen molar-refractivity contribution in [1.82, 2.24) is 15.3 Å². The van der Waals surface area contributed by atoms with Crippen LogP contribution in [0.5, 0.6) is 11.5 Å². The largest absolute Gasteiger partial charge is 0.492 e. The number of nitrogens with zero attached hydrogens (tertiary/aromatic N) is 1. The number of nitrogens with one attached hydrogen (secondary N) is 3. The fourth-order valence-corrected chi connectivity index (χ4v) is 3.64. The molecule has 0 bridgehead atoms. The first kappa shape index (κ1) is 21.6. The lowest BCUT2D eigenvalue weighted by Gasteiger charge is -2.17. The molecule has 1 aliphatic rings. The summed E-state index contributed by atoms with van der Waals surface area (Å²) in [7, 11) is 2.85. The molecular formula is C22H22F2N4O4. The summed E-state index contributed by atoms with van der Waals surface area (Å²) in [5.41, 5.74) is 2.59. The maximum Gasteiger partial charge on any atom is 0.255 e. The van der Waals surface area contributed by atoms with E-state index in [0.717, 1.165) is 12.1 Å². The number of H-pyrrole nitrogens is 1. The summed E-state index contributed by atoms with van der Waals surface area (Å²) < 4.78 is 44.2. The molecule has 0 spiro atoms. The molecule has 0 aliphatic carbocycles. The maximum atomic E-state index is 14.3. The van der Waals surface area contributed by atoms with Crippen molar-refractivity contribution < 1.29 is 27.8 Å². The second-order valence-corrected chi connectivity index (χ2v) is 7.04. The first-order valence-electron chi connectivity index (χ1n) is 9.92. The van der Waals surface area contributed by atoms with Crippen molar-refractivity contribution in [2.75, 3.05) is 39.3 Å². The Morgan fingerprint density at radius 3 is 2.84 bits per heavy atom. The van der Waals surface area contributed by atoms with E-state index in [4.69, 9.17) is 14.2 Å². The van der Waals surface area contributed by atoms with Crippen molar-refractivity contribution in [3.05, 3.63) is 53.5 Å². The molecule has 2 aromatic heterocycles. The molecule has 3 heterocycles. The van der Waals surface area contributed by atoms with E-state index in [1.807, 2.05) is 0 Å². The molecule has 0 saturated carbocycles. The highest BCUT2D eigenvalue weighted by Gasteiger charge is 2.29. The van der Waals surface area contributed by atoms with Gasteiger partial charge in [0, 0.05) is 49.7 Å². The number of carbonyl (C=O) groups is 1. The van der Waals surface area contributed by atoms with Gasteiger partial charge in [-0.1, -0.05) is 0 Å². The van der Waals surface area contributed by atoms with Crippen LogP contribution in [0.15, 0.2) is 30.6 Å². The Hall–Kier alpha value is -3.66. The number of carbonyl (C=O) groups excluding carboxylic acids is 1. The van der Waals surface area contributed by atoms with E-state index < -0.39 is 11.6 Å². The van der Waals surface area contributed by atoms with Crippen molar-refractivity contribution in [3.63, 3.8) is 0 Å². The molecule has 1 amide bonds. The van der Waals surface area contributed by atoms with Gasteiger partial charge in [0.15, 0.2) is 11.6 Å². The number of ether oxygens (including phenoxy) is 3. The van der Waals surface area contributed by atoms with Crippen LogP contribution in [0.1, 0.15) is 16.1 Å². The number of pyridine rings is 1. The Balaban J connectivity index is 1.86. The molecule has 0 saturated heterocycles. The molecule has 0 atom stereocenters. The second kappa shape index (κ2) is 9.23. The summed E-state index contributed by atoms with van der Waals surface area (Å²) >= 11 is 0. The van der Waals surface area contributed by atoms with Gasteiger partial charge in [0.1, 0.15) is 18.2 Å². The van der Waals surface area contributed by atoms with Crippen molar-refractivity contribution in [3.8, 4) is 22.8 Å². The average molecular weight is 444 g/mol. The Labute approximate surface area is 182 Å². The third-order valence-electron chi connectivity index (χ3n) is 5.04. The first-order chi connectivity index (χ1) is 15.5. The van der Waals surface area contributed by atoms with E-state index in [1.165, 1.54) is 7.11 Å². The Morgan fingerprint density at radius 2 is 2.06 bits per heavy atom. The van der Waals surface area contributed by atoms with Gasteiger partial charge in [-0.05, 0) is 6.07 Å². The van der Waals surface area contributed by atoms with Crippen molar-refractivity contribution in [2.24, 2.45) is 0 Å². The number of rotatable bonds is 8. The van der Waals surface area contributed by atoms with Gasteiger partial charge in [0.2, 0.25) is 0 Å². The van der Waals surface area contributed by atoms with Gasteiger partial charge in [-0.2, -0.15) is 0 Å². The number of halogens is 2. The standard InChI is InChI=1S/C22H22F2N4O4/c1-30-7-8-32-17-11-25-5-3-13(17)19-20(18-15(27-19)4-6-26-22(18)29)28-16-10-12(23)9-14(24)21(16)31-2/h3,5,9-11,27-28H,4,6-8H2,1-2H3,(H,26,29). The summed E-state index contributed by atoms with van der Waals surface area (Å²) in [6.45, 7) is 1.14. The van der Waals surface area contributed by atoms with Crippen LogP contribution in [0.4, 0.5) is 20.2 Å². The fraction of sp³-hybridized carbons (Fsp3) is 0.273. The van der Waals surface area contributed by atoms with E-state index in [-0.39, 0.29) is 17.3 Å². The Kier molecular flexibility index (Phi) is 6.22. The van der Waals surface area contributed by atoms with E-state index in [1.54, 1.807) is 25.6 Å². The lowest BCUT2D eigenvalue weighted by molar-refractivity contribution is 0.0947. The van der Waals surface area contributed by atoms with Crippen LogP contribution in [0, 0.1) is 11.6 Å². The Morgan fingerprint density at radius 1 is 1.22 bits per heavy atom. The van der Waals surface area contributed by atoms with E-state index >= 15 is 0 Å². The van der Waals surface area contributed by atoms with E-state index in [9.17, 15) is 13.6 Å². The third-order valence-corrected chi connectivity index (χ3v) is 5.04. The zero-order valence-corrected chi connectivity index (χ0v) is 17.6. The van der Waals surface area contributed by atoms with Crippen molar-refractivity contribution >= 4 is 17.3 Å². The number of benzene rings is 1. The number of amides is 1. The number of anilines is 2. The van der Waals surface area contributed by atoms with Crippen LogP contribution >= 0.6 is 0 Å². The lowest BCUT2D eigenvalue weighted by Crippen LogP contribution is -2.31. The van der Waals surface area contributed by atoms with Crippen molar-refractivity contribution in [1.29, 1.82) is 0 Å². The molecular weight excluding hydrogens is 422 g/mol. The topological polar surface area (TPSA) is 97.5 Å². The zero-order valence-electron chi connectivity index (χ0n) is 17.6. The average Bonchev–Trinajstić information content (AvgIpc) is 3.13. The summed E-state index contributed by atoms with van der Waals surface area (Å²) in [5, 5.41) is 5.81. The maximum absolute atomic E-state index is 14.3. The predicted octanol–water partition coefficient (Wildman–Crippen LogP) is 3.42. The van der Waals surface area contributed by atoms with Gasteiger partial charge >= 0.3 is 0 Å². The molecule has 0 fully saturated rings. The number of aromatic nitrogens is 2. The SMILES string of the molecule is COCCOc1cnccc1-c1[nH]c2c(c1Nc1cc(F)cc(F)c1OC)C(=O)NCC2. The highest BCUT2D eigenvalue weighted by atomic mass is 19.1. The van der Waals surface area contributed by atoms with E-state index in [0.29, 0.717) is 60.1 Å². The zero-order chi connectivity index (χ0) is 22.7. The van der Waals surface area contributed by atoms with Gasteiger partial charge in [0.05, 0.1) is 42.5 Å². The molecule has 0 radical (unpaired) electrons. The van der Waals surface area contributed by atoms with E-state index in [2.05, 4.69) is 20.6 Å². The minimum atomic E-state index is -0.863. The smallest absolute Gasteiger partial charge is 0.255 e. The molecule has 3 aromatic rings. The number of aromatic amines is 1. The lowest BCUT2D eigenvalue weighted by atomic mass is 10.0. The number of methoxy groups -OCH3 is 2. The first-order valence-corrected chi connectivity index (χ1v) is 9.92. The van der Waals surface area contributed by atoms with Crippen molar-refractivity contribution in [2.45, 2.75) is 6.42 Å². The normalized spacial score (nSPS) is 12.8. The second-order valence-electron chi connectivity index (χ2n) is 7.04. The van der Waals surface area contributed by atoms with Gasteiger partial charge in [-0.15, -0.1) is 0 Å². The highest BCUT2D eigenvalue weighted by molar-refractivity contribution is 6.06. The highest BCUT2D eigenvalue weighted by Crippen LogP contribution is 2.42. The number of fused-ring (bicyclic) bond motifs is 1. The predicted molar refractivity (Wildman–Crippen MR) is 114 cm³/mol. The Bertz CT molecular complexity index is 1150. The number of hydrogen-bond acceptors (Lipinski definition) is 6. The summed E-state index contributed by atoms with van der Waals surface area (Å²) in [5.74, 6) is -1.66. The minimum absolute atomic E-state index is 0.0438. The fourth-order valence-electron chi connectivity index (χ4n) is 3.64. The molecule has 168 valence electrons. The van der Waals surface area contributed by atoms with Gasteiger partial charge in [-0.25, -0.2) is 8.78 Å². The summed E-state index contributed by atoms with van der Waals surface area (Å²) in [4.78, 5) is 20.1. The monoisotopic (exact) mass is 444 g/mol. The minimum Gasteiger partial charge on any atom is -0.492 e. The molecule has 3 N–H and O–H groups in total. The number of hydrogen-bond donors (Lipinski definition) is 3. The van der Waals surface area contributed by atoms with Crippen LogP contribution < -0.4 is 20.1 Å². The van der Waals surface area contributed by atoms with Crippen LogP contribution in [0.3, 0.4) is 0 Å². The van der Waals surface area contributed by atoms with Crippen LogP contribution in [-0.2, 0) is 11.2 Å². The summed E-state index contributed by atoms with van der Waals surface area (Å²) in [6, 6.07) is 3.56. The quantitative estimate of drug-likeness (QED) is 0.461. The molecule has 8 nitrogen and oxygen atoms in total. The molecule has 1 aromatic carbocycles. The molecule has 10 heteroatoms. The molecule has 0 unspecified atom stereocenters. The third kappa shape index (κ3) is 4.09. The van der Waals surface area contributed by atoms with Gasteiger partial charge in [-0.3, -0.25) is 9.78 Å². The van der Waals surface area contributed by atoms with Gasteiger partial charge < -0.3 is 29.8 Å².